The lowest BCUT2D eigenvalue weighted by atomic mass is 10.3. The summed E-state index contributed by atoms with van der Waals surface area (Å²) in [6, 6.07) is 1.84. The summed E-state index contributed by atoms with van der Waals surface area (Å²) in [5.74, 6) is -1.80. The van der Waals surface area contributed by atoms with Gasteiger partial charge in [0.05, 0.1) is 4.92 Å². The Balaban J connectivity index is 2.42. The maximum absolute atomic E-state index is 10.8. The molecule has 98 valence electrons. The number of rotatable bonds is 4. The molecule has 2 heterocycles. The fourth-order valence-corrected chi connectivity index (χ4v) is 1.22. The monoisotopic (exact) mass is 265 g/mol. The van der Waals surface area contributed by atoms with Crippen LogP contribution in [0.15, 0.2) is 18.5 Å². The molecule has 0 saturated heterocycles. The fraction of sp³-hybridized carbons (Fsp3) is 0.111. The molecule has 0 aromatic carbocycles. The summed E-state index contributed by atoms with van der Waals surface area (Å²) in [6.07, 6.45) is 1.32. The molecular weight excluding hydrogens is 258 g/mol. The molecule has 10 heteroatoms. The Bertz CT molecular complexity index is 652. The third-order valence-corrected chi connectivity index (χ3v) is 2.02. The van der Waals surface area contributed by atoms with E-state index in [-0.39, 0.29) is 11.7 Å². The summed E-state index contributed by atoms with van der Waals surface area (Å²) in [7, 11) is 1.58. The Morgan fingerprint density at radius 2 is 2.26 bits per heavy atom. The van der Waals surface area contributed by atoms with E-state index in [0.717, 1.165) is 12.1 Å². The first-order valence-corrected chi connectivity index (χ1v) is 4.89. The van der Waals surface area contributed by atoms with Crippen LogP contribution in [-0.4, -0.2) is 35.7 Å². The zero-order valence-electron chi connectivity index (χ0n) is 9.55. The summed E-state index contributed by atoms with van der Waals surface area (Å²) in [4.78, 5) is 28.1. The van der Waals surface area contributed by atoms with Gasteiger partial charge in [0, 0.05) is 13.1 Å². The third-order valence-electron chi connectivity index (χ3n) is 2.02. The number of aryl methyl sites for hydroxylation is 1. The van der Waals surface area contributed by atoms with E-state index in [9.17, 15) is 14.9 Å². The van der Waals surface area contributed by atoms with Crippen LogP contribution in [0.5, 0.6) is 11.9 Å². The van der Waals surface area contributed by atoms with E-state index >= 15 is 0 Å². The molecule has 19 heavy (non-hydrogen) atoms. The van der Waals surface area contributed by atoms with Crippen LogP contribution in [-0.2, 0) is 7.05 Å². The molecule has 0 spiro atoms. The second kappa shape index (κ2) is 4.68. The average molecular weight is 265 g/mol. The molecule has 2 rings (SSSR count). The minimum atomic E-state index is -1.33. The molecule has 0 radical (unpaired) electrons. The first kappa shape index (κ1) is 12.4. The molecule has 2 aromatic heterocycles. The SMILES string of the molecule is Cn1cnc(Oc2nc(C(=O)O)ccc2[N+](=O)[O-])n1. The lowest BCUT2D eigenvalue weighted by molar-refractivity contribution is -0.386. The molecule has 0 atom stereocenters. The smallest absolute Gasteiger partial charge is 0.354 e. The summed E-state index contributed by atoms with van der Waals surface area (Å²) in [6.45, 7) is 0. The molecule has 2 aromatic rings. The van der Waals surface area contributed by atoms with Gasteiger partial charge in [0.1, 0.15) is 6.33 Å². The minimum absolute atomic E-state index is 0.166. The highest BCUT2D eigenvalue weighted by molar-refractivity contribution is 5.85. The van der Waals surface area contributed by atoms with Crippen LogP contribution in [0.2, 0.25) is 0 Å². The number of aromatic nitrogens is 4. The maximum Gasteiger partial charge on any atom is 0.354 e. The van der Waals surface area contributed by atoms with Crippen LogP contribution in [0.25, 0.3) is 0 Å². The summed E-state index contributed by atoms with van der Waals surface area (Å²) >= 11 is 0. The average Bonchev–Trinajstić information content (AvgIpc) is 2.74. The number of carbonyl (C=O) groups is 1. The van der Waals surface area contributed by atoms with Gasteiger partial charge in [-0.2, -0.15) is 9.97 Å². The lowest BCUT2D eigenvalue weighted by Crippen LogP contribution is -2.04. The zero-order chi connectivity index (χ0) is 14.0. The van der Waals surface area contributed by atoms with Crippen LogP contribution in [0, 0.1) is 10.1 Å². The van der Waals surface area contributed by atoms with Crippen molar-refractivity contribution in [3.05, 3.63) is 34.3 Å². The summed E-state index contributed by atoms with van der Waals surface area (Å²) < 4.78 is 6.34. The molecule has 0 amide bonds. The van der Waals surface area contributed by atoms with Gasteiger partial charge in [0.2, 0.25) is 0 Å². The predicted molar refractivity (Wildman–Crippen MR) is 58.9 cm³/mol. The Morgan fingerprint density at radius 1 is 1.53 bits per heavy atom. The lowest BCUT2D eigenvalue weighted by Gasteiger charge is -2.02. The minimum Gasteiger partial charge on any atom is -0.477 e. The molecule has 1 N–H and O–H groups in total. The van der Waals surface area contributed by atoms with Crippen LogP contribution in [0.3, 0.4) is 0 Å². The first-order valence-electron chi connectivity index (χ1n) is 4.89. The van der Waals surface area contributed by atoms with Crippen molar-refractivity contribution < 1.29 is 19.6 Å². The van der Waals surface area contributed by atoms with Gasteiger partial charge >= 0.3 is 23.5 Å². The van der Waals surface area contributed by atoms with Gasteiger partial charge in [-0.3, -0.25) is 14.8 Å². The normalized spacial score (nSPS) is 10.2. The largest absolute Gasteiger partial charge is 0.477 e. The predicted octanol–water partition coefficient (Wildman–Crippen LogP) is 0.609. The molecule has 0 fully saturated rings. The van der Waals surface area contributed by atoms with E-state index in [0.29, 0.717) is 0 Å². The quantitative estimate of drug-likeness (QED) is 0.627. The Morgan fingerprint density at radius 3 is 2.79 bits per heavy atom. The standard InChI is InChI=1S/C9H7N5O5/c1-13-4-10-9(12-13)19-7-6(14(17)18)3-2-5(11-7)8(15)16/h2-4H,1H3,(H,15,16). The van der Waals surface area contributed by atoms with Gasteiger partial charge in [-0.1, -0.05) is 0 Å². The van der Waals surface area contributed by atoms with Crippen LogP contribution in [0.4, 0.5) is 5.69 Å². The van der Waals surface area contributed by atoms with Crippen molar-refractivity contribution in [2.75, 3.05) is 0 Å². The van der Waals surface area contributed by atoms with Gasteiger partial charge in [-0.05, 0) is 6.07 Å². The Hall–Kier alpha value is -3.04. The van der Waals surface area contributed by atoms with Gasteiger partial charge in [0.25, 0.3) is 0 Å². The molecule has 0 unspecified atom stereocenters. The van der Waals surface area contributed by atoms with Gasteiger partial charge in [0.15, 0.2) is 5.69 Å². The van der Waals surface area contributed by atoms with Crippen molar-refractivity contribution in [1.82, 2.24) is 19.7 Å². The van der Waals surface area contributed by atoms with Crippen LogP contribution >= 0.6 is 0 Å². The summed E-state index contributed by atoms with van der Waals surface area (Å²) in [5.41, 5.74) is -0.853. The van der Waals surface area contributed by atoms with Crippen molar-refractivity contribution >= 4 is 11.7 Å². The topological polar surface area (TPSA) is 133 Å². The number of carboxylic acid groups (broad SMARTS) is 1. The van der Waals surface area contributed by atoms with Crippen molar-refractivity contribution in [2.24, 2.45) is 7.05 Å². The number of nitrogens with zero attached hydrogens (tertiary/aromatic N) is 5. The molecule has 0 aliphatic carbocycles. The van der Waals surface area contributed by atoms with Gasteiger partial charge < -0.3 is 9.84 Å². The molecule has 0 saturated carbocycles. The molecule has 0 aliphatic rings. The number of carboxylic acids is 1. The maximum atomic E-state index is 10.8. The number of hydrogen-bond donors (Lipinski definition) is 1. The molecule has 10 nitrogen and oxygen atoms in total. The second-order valence-electron chi connectivity index (χ2n) is 3.39. The Labute approximate surface area is 105 Å². The number of hydrogen-bond acceptors (Lipinski definition) is 7. The van der Waals surface area contributed by atoms with Crippen molar-refractivity contribution in [2.45, 2.75) is 0 Å². The van der Waals surface area contributed by atoms with Crippen molar-refractivity contribution in [1.29, 1.82) is 0 Å². The van der Waals surface area contributed by atoms with E-state index in [1.54, 1.807) is 7.05 Å². The zero-order valence-corrected chi connectivity index (χ0v) is 9.55. The molecular formula is C9H7N5O5. The number of aromatic carboxylic acids is 1. The fourth-order valence-electron chi connectivity index (χ4n) is 1.22. The first-order chi connectivity index (χ1) is 8.97. The third kappa shape index (κ3) is 2.62. The number of pyridine rings is 1. The van der Waals surface area contributed by atoms with E-state index in [1.165, 1.54) is 11.0 Å². The van der Waals surface area contributed by atoms with E-state index in [1.807, 2.05) is 0 Å². The summed E-state index contributed by atoms with van der Waals surface area (Å²) in [5, 5.41) is 23.3. The Kier molecular flexibility index (Phi) is 3.06. The van der Waals surface area contributed by atoms with Gasteiger partial charge in [-0.15, -0.1) is 5.10 Å². The van der Waals surface area contributed by atoms with Gasteiger partial charge in [-0.25, -0.2) is 4.79 Å². The molecule has 0 bridgehead atoms. The second-order valence-corrected chi connectivity index (χ2v) is 3.39. The van der Waals surface area contributed by atoms with Crippen molar-refractivity contribution in [3.63, 3.8) is 0 Å². The van der Waals surface area contributed by atoms with Crippen molar-refractivity contribution in [3.8, 4) is 11.9 Å². The van der Waals surface area contributed by atoms with Crippen LogP contribution in [0.1, 0.15) is 10.5 Å². The highest BCUT2D eigenvalue weighted by atomic mass is 16.6. The van der Waals surface area contributed by atoms with E-state index < -0.39 is 22.5 Å². The number of nitro groups is 1. The highest BCUT2D eigenvalue weighted by Crippen LogP contribution is 2.27. The van der Waals surface area contributed by atoms with E-state index in [2.05, 4.69) is 15.1 Å². The highest BCUT2D eigenvalue weighted by Gasteiger charge is 2.21. The van der Waals surface area contributed by atoms with Crippen LogP contribution < -0.4 is 4.74 Å². The number of ether oxygens (including phenoxy) is 1. The van der Waals surface area contributed by atoms with E-state index in [4.69, 9.17) is 9.84 Å². The molecule has 0 aliphatic heterocycles.